The molecule has 2 aromatic rings. The van der Waals surface area contributed by atoms with Crippen LogP contribution >= 0.6 is 0 Å². The number of hydrogen-bond donors (Lipinski definition) is 3. The van der Waals surface area contributed by atoms with E-state index in [2.05, 4.69) is 5.32 Å². The second kappa shape index (κ2) is 4.82. The molecule has 3 rings (SSSR count). The minimum atomic E-state index is -0.246. The van der Waals surface area contributed by atoms with Crippen molar-refractivity contribution < 1.29 is 14.3 Å². The van der Waals surface area contributed by atoms with Gasteiger partial charge in [0.25, 0.3) is 5.91 Å². The highest BCUT2D eigenvalue weighted by Crippen LogP contribution is 2.29. The van der Waals surface area contributed by atoms with E-state index in [1.807, 2.05) is 0 Å². The first-order chi connectivity index (χ1) is 10.0. The number of ketones is 1. The molecule has 0 aromatic heterocycles. The summed E-state index contributed by atoms with van der Waals surface area (Å²) in [5, 5.41) is 2.67. The van der Waals surface area contributed by atoms with Crippen LogP contribution in [0.25, 0.3) is 0 Å². The normalized spacial score (nSPS) is 13.0. The minimum absolute atomic E-state index is 0.0191. The third kappa shape index (κ3) is 2.38. The molecule has 0 atom stereocenters. The maximum atomic E-state index is 12.4. The Balaban J connectivity index is 1.96. The van der Waals surface area contributed by atoms with Crippen LogP contribution in [0.15, 0.2) is 36.4 Å². The van der Waals surface area contributed by atoms with Gasteiger partial charge in [0.05, 0.1) is 17.1 Å². The lowest BCUT2D eigenvalue weighted by Crippen LogP contribution is -2.25. The Hall–Kier alpha value is -3.02. The number of carbonyl (C=O) groups excluding carboxylic acids is 2. The summed E-state index contributed by atoms with van der Waals surface area (Å²) in [5.74, 6) is 0.0936. The van der Waals surface area contributed by atoms with Crippen LogP contribution in [0.2, 0.25) is 0 Å². The largest absolute Gasteiger partial charge is 0.482 e. The van der Waals surface area contributed by atoms with Gasteiger partial charge in [-0.3, -0.25) is 9.59 Å². The molecule has 6 nitrogen and oxygen atoms in total. The minimum Gasteiger partial charge on any atom is -0.482 e. The van der Waals surface area contributed by atoms with Crippen LogP contribution in [-0.4, -0.2) is 18.3 Å². The van der Waals surface area contributed by atoms with Crippen molar-refractivity contribution in [3.8, 4) is 5.75 Å². The molecular weight excluding hydrogens is 270 g/mol. The number of rotatable bonds is 2. The second-order valence-corrected chi connectivity index (χ2v) is 4.72. The van der Waals surface area contributed by atoms with Crippen LogP contribution in [0.3, 0.4) is 0 Å². The monoisotopic (exact) mass is 283 g/mol. The van der Waals surface area contributed by atoms with Gasteiger partial charge in [0, 0.05) is 11.1 Å². The number of nitrogens with one attached hydrogen (secondary N) is 1. The molecule has 5 N–H and O–H groups in total. The molecule has 1 aliphatic rings. The van der Waals surface area contributed by atoms with Gasteiger partial charge in [0.2, 0.25) is 0 Å². The van der Waals surface area contributed by atoms with E-state index in [1.54, 1.807) is 30.3 Å². The molecule has 2 aromatic carbocycles. The smallest absolute Gasteiger partial charge is 0.262 e. The molecule has 0 spiro atoms. The zero-order valence-electron chi connectivity index (χ0n) is 11.1. The topological polar surface area (TPSA) is 107 Å². The van der Waals surface area contributed by atoms with E-state index in [1.165, 1.54) is 6.07 Å². The van der Waals surface area contributed by atoms with Crippen LogP contribution in [-0.2, 0) is 4.79 Å². The average Bonchev–Trinajstić information content (AvgIpc) is 2.48. The van der Waals surface area contributed by atoms with E-state index < -0.39 is 0 Å². The molecule has 21 heavy (non-hydrogen) atoms. The Kier molecular flexibility index (Phi) is 2.98. The molecule has 0 radical (unpaired) electrons. The number of benzene rings is 2. The van der Waals surface area contributed by atoms with Crippen molar-refractivity contribution in [2.24, 2.45) is 0 Å². The van der Waals surface area contributed by atoms with Gasteiger partial charge in [-0.2, -0.15) is 0 Å². The first kappa shape index (κ1) is 13.0. The summed E-state index contributed by atoms with van der Waals surface area (Å²) >= 11 is 0. The van der Waals surface area contributed by atoms with Gasteiger partial charge in [-0.1, -0.05) is 0 Å². The van der Waals surface area contributed by atoms with Crippen molar-refractivity contribution in [3.63, 3.8) is 0 Å². The van der Waals surface area contributed by atoms with Crippen LogP contribution in [0.5, 0.6) is 5.75 Å². The zero-order chi connectivity index (χ0) is 15.0. The number of anilines is 3. The van der Waals surface area contributed by atoms with E-state index in [0.29, 0.717) is 33.9 Å². The third-order valence-electron chi connectivity index (χ3n) is 3.22. The van der Waals surface area contributed by atoms with Gasteiger partial charge < -0.3 is 21.5 Å². The molecule has 0 unspecified atom stereocenters. The lowest BCUT2D eigenvalue weighted by atomic mass is 10.0. The van der Waals surface area contributed by atoms with E-state index in [-0.39, 0.29) is 18.3 Å². The summed E-state index contributed by atoms with van der Waals surface area (Å²) in [7, 11) is 0. The van der Waals surface area contributed by atoms with E-state index in [9.17, 15) is 9.59 Å². The summed E-state index contributed by atoms with van der Waals surface area (Å²) in [6, 6.07) is 9.62. The Morgan fingerprint density at radius 2 is 1.76 bits per heavy atom. The van der Waals surface area contributed by atoms with Gasteiger partial charge >= 0.3 is 0 Å². The maximum absolute atomic E-state index is 12.4. The summed E-state index contributed by atoms with van der Waals surface area (Å²) < 4.78 is 5.25. The molecule has 0 bridgehead atoms. The maximum Gasteiger partial charge on any atom is 0.262 e. The predicted molar refractivity (Wildman–Crippen MR) is 79.3 cm³/mol. The first-order valence-electron chi connectivity index (χ1n) is 6.31. The van der Waals surface area contributed by atoms with E-state index in [0.717, 1.165) is 0 Å². The summed E-state index contributed by atoms with van der Waals surface area (Å²) in [6.07, 6.45) is 0. The predicted octanol–water partition coefficient (Wildman–Crippen LogP) is 1.41. The van der Waals surface area contributed by atoms with E-state index >= 15 is 0 Å². The van der Waals surface area contributed by atoms with Gasteiger partial charge in [-0.05, 0) is 36.4 Å². The van der Waals surface area contributed by atoms with Gasteiger partial charge in [0.1, 0.15) is 5.75 Å². The van der Waals surface area contributed by atoms with Crippen molar-refractivity contribution in [2.75, 3.05) is 23.4 Å². The molecule has 0 fully saturated rings. The molecular formula is C15H13N3O3. The fourth-order valence-corrected chi connectivity index (χ4v) is 2.11. The lowest BCUT2D eigenvalue weighted by Gasteiger charge is -2.18. The van der Waals surface area contributed by atoms with Gasteiger partial charge in [0.15, 0.2) is 12.4 Å². The van der Waals surface area contributed by atoms with Gasteiger partial charge in [-0.15, -0.1) is 0 Å². The van der Waals surface area contributed by atoms with Crippen molar-refractivity contribution in [1.29, 1.82) is 0 Å². The molecule has 1 amide bonds. The molecule has 6 heteroatoms. The first-order valence-corrected chi connectivity index (χ1v) is 6.31. The molecule has 0 saturated heterocycles. The molecule has 1 heterocycles. The Bertz CT molecular complexity index is 756. The van der Waals surface area contributed by atoms with Crippen molar-refractivity contribution in [2.45, 2.75) is 0 Å². The quantitative estimate of drug-likeness (QED) is 0.570. The molecule has 0 aliphatic carbocycles. The zero-order valence-corrected chi connectivity index (χ0v) is 11.1. The number of fused-ring (bicyclic) bond motifs is 1. The van der Waals surface area contributed by atoms with Gasteiger partial charge in [-0.25, -0.2) is 0 Å². The lowest BCUT2D eigenvalue weighted by molar-refractivity contribution is -0.118. The Labute approximate surface area is 120 Å². The van der Waals surface area contributed by atoms with Crippen molar-refractivity contribution in [1.82, 2.24) is 0 Å². The van der Waals surface area contributed by atoms with Crippen LogP contribution in [0.4, 0.5) is 17.1 Å². The van der Waals surface area contributed by atoms with Crippen LogP contribution in [0.1, 0.15) is 15.9 Å². The highest BCUT2D eigenvalue weighted by Gasteiger charge is 2.18. The number of amides is 1. The number of hydrogen-bond acceptors (Lipinski definition) is 5. The fourth-order valence-electron chi connectivity index (χ4n) is 2.11. The van der Waals surface area contributed by atoms with Crippen molar-refractivity contribution >= 4 is 28.8 Å². The SMILES string of the molecule is Nc1ccc(C(=O)c2ccc3c(c2)NC(=O)CO3)cc1N. The summed E-state index contributed by atoms with van der Waals surface area (Å²) in [4.78, 5) is 23.7. The van der Waals surface area contributed by atoms with E-state index in [4.69, 9.17) is 16.2 Å². The standard InChI is InChI=1S/C15H13N3O3/c16-10-3-1-8(5-11(10)17)15(20)9-2-4-13-12(6-9)18-14(19)7-21-13/h1-6H,7,16-17H2,(H,18,19). The fraction of sp³-hybridized carbons (Fsp3) is 0.0667. The number of ether oxygens (including phenoxy) is 1. The van der Waals surface area contributed by atoms with Crippen LogP contribution in [0, 0.1) is 0 Å². The Morgan fingerprint density at radius 3 is 2.52 bits per heavy atom. The number of nitrogen functional groups attached to an aromatic ring is 2. The number of carbonyl (C=O) groups is 2. The highest BCUT2D eigenvalue weighted by molar-refractivity contribution is 6.11. The number of nitrogens with two attached hydrogens (primary N) is 2. The highest BCUT2D eigenvalue weighted by atomic mass is 16.5. The third-order valence-corrected chi connectivity index (χ3v) is 3.22. The van der Waals surface area contributed by atoms with Crippen LogP contribution < -0.4 is 21.5 Å². The summed E-state index contributed by atoms with van der Waals surface area (Å²) in [6.45, 7) is -0.0191. The Morgan fingerprint density at radius 1 is 1.05 bits per heavy atom. The molecule has 0 saturated carbocycles. The summed E-state index contributed by atoms with van der Waals surface area (Å²) in [5.41, 5.74) is 13.5. The average molecular weight is 283 g/mol. The second-order valence-electron chi connectivity index (χ2n) is 4.72. The molecule has 1 aliphatic heterocycles. The van der Waals surface area contributed by atoms with Crippen molar-refractivity contribution in [3.05, 3.63) is 47.5 Å². The molecule has 106 valence electrons.